The lowest BCUT2D eigenvalue weighted by Gasteiger charge is -2.13. The van der Waals surface area contributed by atoms with Crippen molar-refractivity contribution in [1.82, 2.24) is 15.0 Å². The van der Waals surface area contributed by atoms with Crippen LogP contribution in [0.1, 0.15) is 12.5 Å². The number of nitrogens with one attached hydrogen (secondary N) is 3. The molecule has 8 heteroatoms. The van der Waals surface area contributed by atoms with Gasteiger partial charge in [0, 0.05) is 17.1 Å². The molecular weight excluding hydrogens is 432 g/mol. The summed E-state index contributed by atoms with van der Waals surface area (Å²) in [5, 5.41) is 9.36. The number of anilines is 5. The minimum absolute atomic E-state index is 0.126. The zero-order chi connectivity index (χ0) is 23.0. The summed E-state index contributed by atoms with van der Waals surface area (Å²) in [6, 6.07) is 27.0. The first-order valence-electron chi connectivity index (χ1n) is 10.5. The highest BCUT2D eigenvalue weighted by Gasteiger charge is 2.18. The molecule has 1 heterocycles. The zero-order valence-electron chi connectivity index (χ0n) is 18.3. The first-order chi connectivity index (χ1) is 16.0. The van der Waals surface area contributed by atoms with Crippen molar-refractivity contribution in [2.75, 3.05) is 16.0 Å². The van der Waals surface area contributed by atoms with Gasteiger partial charge >= 0.3 is 0 Å². The quantitative estimate of drug-likeness (QED) is 0.289. The first-order valence-corrected chi connectivity index (χ1v) is 11.4. The Morgan fingerprint density at radius 3 is 1.76 bits per heavy atom. The van der Waals surface area contributed by atoms with Crippen LogP contribution in [-0.4, -0.2) is 26.1 Å². The second-order valence-corrected chi connectivity index (χ2v) is 8.67. The topological polar surface area (TPSA) is 91.8 Å². The molecule has 7 nitrogen and oxygen atoms in total. The molecule has 0 aliphatic rings. The van der Waals surface area contributed by atoms with E-state index in [-0.39, 0.29) is 5.91 Å². The molecular formula is C25H24N6OS. The first kappa shape index (κ1) is 22.3. The van der Waals surface area contributed by atoms with Crippen LogP contribution >= 0.6 is 11.8 Å². The van der Waals surface area contributed by atoms with Crippen molar-refractivity contribution in [1.29, 1.82) is 0 Å². The number of hydrogen-bond donors (Lipinski definition) is 3. The highest BCUT2D eigenvalue weighted by molar-refractivity contribution is 8.00. The van der Waals surface area contributed by atoms with E-state index in [1.807, 2.05) is 98.8 Å². The lowest BCUT2D eigenvalue weighted by Crippen LogP contribution is -2.22. The standard InChI is InChI=1S/C25H24N6OS/c1-17-13-15-21(16-14-17)26-22(32)18(2)33-25-30-23(27-19-9-5-3-6-10-19)29-24(31-25)28-20-11-7-4-8-12-20/h3-16,18H,1-2H3,(H,26,32)(H2,27,28,29,30,31). The molecule has 1 aromatic heterocycles. The number of carbonyl (C=O) groups excluding carboxylic acids is 1. The molecule has 0 radical (unpaired) electrons. The largest absolute Gasteiger partial charge is 0.325 e. The number of thioether (sulfide) groups is 1. The average Bonchev–Trinajstić information content (AvgIpc) is 2.82. The summed E-state index contributed by atoms with van der Waals surface area (Å²) in [6.07, 6.45) is 0. The van der Waals surface area contributed by atoms with E-state index in [0.717, 1.165) is 22.6 Å². The predicted octanol–water partition coefficient (Wildman–Crippen LogP) is 5.79. The molecule has 3 N–H and O–H groups in total. The molecule has 1 unspecified atom stereocenters. The van der Waals surface area contributed by atoms with E-state index in [4.69, 9.17) is 0 Å². The molecule has 0 aliphatic carbocycles. The van der Waals surface area contributed by atoms with Crippen molar-refractivity contribution in [3.8, 4) is 0 Å². The summed E-state index contributed by atoms with van der Waals surface area (Å²) >= 11 is 1.27. The van der Waals surface area contributed by atoms with Gasteiger partial charge in [0.1, 0.15) is 0 Å². The van der Waals surface area contributed by atoms with Gasteiger partial charge in [-0.1, -0.05) is 65.9 Å². The lowest BCUT2D eigenvalue weighted by atomic mass is 10.2. The van der Waals surface area contributed by atoms with Crippen molar-refractivity contribution in [3.63, 3.8) is 0 Å². The van der Waals surface area contributed by atoms with Crippen molar-refractivity contribution in [2.45, 2.75) is 24.3 Å². The maximum atomic E-state index is 12.7. The highest BCUT2D eigenvalue weighted by Crippen LogP contribution is 2.25. The molecule has 3 aromatic carbocycles. The van der Waals surface area contributed by atoms with Crippen LogP contribution < -0.4 is 16.0 Å². The van der Waals surface area contributed by atoms with Crippen LogP contribution in [0, 0.1) is 6.92 Å². The Balaban J connectivity index is 1.53. The number of para-hydroxylation sites is 2. The Morgan fingerprint density at radius 2 is 1.24 bits per heavy atom. The van der Waals surface area contributed by atoms with Gasteiger partial charge in [0.2, 0.25) is 17.8 Å². The minimum Gasteiger partial charge on any atom is -0.325 e. The van der Waals surface area contributed by atoms with E-state index in [1.165, 1.54) is 11.8 Å². The average molecular weight is 457 g/mol. The van der Waals surface area contributed by atoms with Gasteiger partial charge in [-0.25, -0.2) is 0 Å². The van der Waals surface area contributed by atoms with Crippen LogP contribution in [0.25, 0.3) is 0 Å². The van der Waals surface area contributed by atoms with Crippen LogP contribution in [-0.2, 0) is 4.79 Å². The summed E-state index contributed by atoms with van der Waals surface area (Å²) in [5.74, 6) is 0.658. The summed E-state index contributed by atoms with van der Waals surface area (Å²) < 4.78 is 0. The highest BCUT2D eigenvalue weighted by atomic mass is 32.2. The molecule has 4 aromatic rings. The molecule has 0 aliphatic heterocycles. The van der Waals surface area contributed by atoms with E-state index < -0.39 is 5.25 Å². The van der Waals surface area contributed by atoms with Crippen molar-refractivity contribution >= 4 is 46.6 Å². The number of rotatable bonds is 8. The van der Waals surface area contributed by atoms with Crippen LogP contribution in [0.3, 0.4) is 0 Å². The summed E-state index contributed by atoms with van der Waals surface area (Å²) in [7, 11) is 0. The Labute approximate surface area is 197 Å². The van der Waals surface area contributed by atoms with Crippen molar-refractivity contribution < 1.29 is 4.79 Å². The number of aromatic nitrogens is 3. The number of amides is 1. The smallest absolute Gasteiger partial charge is 0.237 e. The summed E-state index contributed by atoms with van der Waals surface area (Å²) in [5.41, 5.74) is 3.61. The summed E-state index contributed by atoms with van der Waals surface area (Å²) in [6.45, 7) is 3.83. The second-order valence-electron chi connectivity index (χ2n) is 7.36. The fourth-order valence-corrected chi connectivity index (χ4v) is 3.68. The van der Waals surface area contributed by atoms with Gasteiger partial charge < -0.3 is 16.0 Å². The SMILES string of the molecule is Cc1ccc(NC(=O)C(C)Sc2nc(Nc3ccccc3)nc(Nc3ccccc3)n2)cc1. The second kappa shape index (κ2) is 10.6. The molecule has 0 fully saturated rings. The van der Waals surface area contributed by atoms with Gasteiger partial charge in [0.05, 0.1) is 5.25 Å². The third kappa shape index (κ3) is 6.54. The molecule has 0 saturated carbocycles. The van der Waals surface area contributed by atoms with E-state index in [2.05, 4.69) is 30.9 Å². The van der Waals surface area contributed by atoms with Gasteiger partial charge in [-0.3, -0.25) is 4.79 Å². The fraction of sp³-hybridized carbons (Fsp3) is 0.120. The molecule has 1 atom stereocenters. The van der Waals surface area contributed by atoms with Gasteiger partial charge in [-0.15, -0.1) is 0 Å². The number of aryl methyl sites for hydroxylation is 1. The number of nitrogens with zero attached hydrogens (tertiary/aromatic N) is 3. The number of carbonyl (C=O) groups is 1. The van der Waals surface area contributed by atoms with E-state index in [9.17, 15) is 4.79 Å². The van der Waals surface area contributed by atoms with Gasteiger partial charge in [0.15, 0.2) is 5.16 Å². The predicted molar refractivity (Wildman–Crippen MR) is 134 cm³/mol. The van der Waals surface area contributed by atoms with Gasteiger partial charge in [-0.2, -0.15) is 15.0 Å². The normalized spacial score (nSPS) is 11.5. The molecule has 166 valence electrons. The number of benzene rings is 3. The fourth-order valence-electron chi connectivity index (χ4n) is 2.91. The Morgan fingerprint density at radius 1 is 0.727 bits per heavy atom. The maximum Gasteiger partial charge on any atom is 0.237 e. The number of hydrogen-bond acceptors (Lipinski definition) is 7. The van der Waals surface area contributed by atoms with Gasteiger partial charge in [0.25, 0.3) is 0 Å². The Bertz CT molecular complexity index is 1140. The van der Waals surface area contributed by atoms with Crippen LogP contribution in [0.5, 0.6) is 0 Å². The summed E-state index contributed by atoms with van der Waals surface area (Å²) in [4.78, 5) is 26.3. The molecule has 0 saturated heterocycles. The van der Waals surface area contributed by atoms with E-state index in [0.29, 0.717) is 17.1 Å². The van der Waals surface area contributed by atoms with E-state index >= 15 is 0 Å². The Kier molecular flexibility index (Phi) is 7.16. The third-order valence-corrected chi connectivity index (χ3v) is 5.61. The van der Waals surface area contributed by atoms with Crippen molar-refractivity contribution in [2.24, 2.45) is 0 Å². The third-order valence-electron chi connectivity index (χ3n) is 4.65. The van der Waals surface area contributed by atoms with Crippen LogP contribution in [0.4, 0.5) is 29.0 Å². The van der Waals surface area contributed by atoms with Crippen LogP contribution in [0.15, 0.2) is 90.1 Å². The monoisotopic (exact) mass is 456 g/mol. The van der Waals surface area contributed by atoms with Crippen LogP contribution in [0.2, 0.25) is 0 Å². The molecule has 4 rings (SSSR count). The van der Waals surface area contributed by atoms with E-state index in [1.54, 1.807) is 0 Å². The minimum atomic E-state index is -0.414. The van der Waals surface area contributed by atoms with Gasteiger partial charge in [-0.05, 0) is 50.2 Å². The molecule has 0 spiro atoms. The Hall–Kier alpha value is -3.91. The molecule has 1 amide bonds. The zero-order valence-corrected chi connectivity index (χ0v) is 19.1. The molecule has 0 bridgehead atoms. The molecule has 33 heavy (non-hydrogen) atoms. The lowest BCUT2D eigenvalue weighted by molar-refractivity contribution is -0.115. The maximum absolute atomic E-state index is 12.7. The van der Waals surface area contributed by atoms with Crippen molar-refractivity contribution in [3.05, 3.63) is 90.5 Å².